The second-order valence-electron chi connectivity index (χ2n) is 5.69. The van der Waals surface area contributed by atoms with Crippen molar-refractivity contribution in [2.75, 3.05) is 6.54 Å². The second kappa shape index (κ2) is 6.37. The van der Waals surface area contributed by atoms with Crippen LogP contribution >= 0.6 is 0 Å². The van der Waals surface area contributed by atoms with Gasteiger partial charge in [0.25, 0.3) is 0 Å². The van der Waals surface area contributed by atoms with Crippen LogP contribution in [0, 0.1) is 18.8 Å². The molecule has 0 amide bonds. The van der Waals surface area contributed by atoms with Crippen LogP contribution in [-0.2, 0) is 13.0 Å². The summed E-state index contributed by atoms with van der Waals surface area (Å²) < 4.78 is 2.16. The van der Waals surface area contributed by atoms with E-state index in [0.717, 1.165) is 31.1 Å². The first-order valence-corrected chi connectivity index (χ1v) is 7.48. The number of aromatic nitrogens is 2. The van der Waals surface area contributed by atoms with E-state index < -0.39 is 0 Å². The number of hydrogen-bond acceptors (Lipinski definition) is 2. The molecular formula is C15H27N3. The molecule has 0 radical (unpaired) electrons. The molecule has 1 fully saturated rings. The highest BCUT2D eigenvalue weighted by atomic mass is 15.3. The van der Waals surface area contributed by atoms with Crippen molar-refractivity contribution in [3.8, 4) is 0 Å². The number of nitrogens with zero attached hydrogens (tertiary/aromatic N) is 2. The summed E-state index contributed by atoms with van der Waals surface area (Å²) in [6, 6.07) is 2.25. The summed E-state index contributed by atoms with van der Waals surface area (Å²) in [6.07, 6.45) is 7.96. The molecule has 0 spiro atoms. The SMILES string of the molecule is CCn1nc(C)cc1CC1CCCCCC1CN. The molecule has 3 heteroatoms. The number of nitrogens with two attached hydrogens (primary N) is 1. The minimum atomic E-state index is 0.716. The third kappa shape index (κ3) is 3.14. The van der Waals surface area contributed by atoms with E-state index in [1.54, 1.807) is 0 Å². The van der Waals surface area contributed by atoms with Crippen LogP contribution in [0.25, 0.3) is 0 Å². The van der Waals surface area contributed by atoms with Gasteiger partial charge in [0.1, 0.15) is 0 Å². The van der Waals surface area contributed by atoms with E-state index in [2.05, 4.69) is 29.7 Å². The van der Waals surface area contributed by atoms with E-state index in [4.69, 9.17) is 5.73 Å². The molecule has 1 heterocycles. The average Bonchev–Trinajstić information content (AvgIpc) is 2.59. The lowest BCUT2D eigenvalue weighted by Crippen LogP contribution is -2.25. The van der Waals surface area contributed by atoms with Gasteiger partial charge in [-0.25, -0.2) is 0 Å². The van der Waals surface area contributed by atoms with Crippen molar-refractivity contribution in [1.82, 2.24) is 9.78 Å². The summed E-state index contributed by atoms with van der Waals surface area (Å²) >= 11 is 0. The molecule has 2 N–H and O–H groups in total. The maximum atomic E-state index is 5.97. The first kappa shape index (κ1) is 13.6. The van der Waals surface area contributed by atoms with Crippen LogP contribution in [-0.4, -0.2) is 16.3 Å². The highest BCUT2D eigenvalue weighted by Crippen LogP contribution is 2.30. The summed E-state index contributed by atoms with van der Waals surface area (Å²) in [5.74, 6) is 1.48. The lowest BCUT2D eigenvalue weighted by Gasteiger charge is -2.23. The zero-order chi connectivity index (χ0) is 13.0. The van der Waals surface area contributed by atoms with Crippen molar-refractivity contribution in [3.63, 3.8) is 0 Å². The van der Waals surface area contributed by atoms with Gasteiger partial charge in [0.15, 0.2) is 0 Å². The molecule has 3 nitrogen and oxygen atoms in total. The molecule has 1 aliphatic rings. The predicted molar refractivity (Wildman–Crippen MR) is 75.5 cm³/mol. The van der Waals surface area contributed by atoms with Crippen molar-refractivity contribution >= 4 is 0 Å². The molecular weight excluding hydrogens is 222 g/mol. The maximum absolute atomic E-state index is 5.97. The Morgan fingerprint density at radius 2 is 2.00 bits per heavy atom. The highest BCUT2D eigenvalue weighted by molar-refractivity contribution is 5.10. The van der Waals surface area contributed by atoms with Gasteiger partial charge in [-0.1, -0.05) is 19.3 Å². The summed E-state index contributed by atoms with van der Waals surface area (Å²) in [7, 11) is 0. The Kier molecular flexibility index (Phi) is 4.81. The predicted octanol–water partition coefficient (Wildman–Crippen LogP) is 2.91. The molecule has 18 heavy (non-hydrogen) atoms. The van der Waals surface area contributed by atoms with Crippen molar-refractivity contribution in [1.29, 1.82) is 0 Å². The summed E-state index contributed by atoms with van der Waals surface area (Å²) in [5, 5.41) is 4.55. The van der Waals surface area contributed by atoms with Crippen LogP contribution in [0.3, 0.4) is 0 Å². The Morgan fingerprint density at radius 1 is 1.28 bits per heavy atom. The van der Waals surface area contributed by atoms with Crippen LogP contribution in [0.1, 0.15) is 50.4 Å². The summed E-state index contributed by atoms with van der Waals surface area (Å²) in [5.41, 5.74) is 8.52. The van der Waals surface area contributed by atoms with Gasteiger partial charge >= 0.3 is 0 Å². The van der Waals surface area contributed by atoms with Crippen LogP contribution in [0.2, 0.25) is 0 Å². The Hall–Kier alpha value is -0.830. The van der Waals surface area contributed by atoms with Gasteiger partial charge in [-0.2, -0.15) is 5.10 Å². The molecule has 0 aromatic carbocycles. The molecule has 1 aliphatic carbocycles. The molecule has 0 bridgehead atoms. The first-order valence-electron chi connectivity index (χ1n) is 7.48. The maximum Gasteiger partial charge on any atom is 0.0596 e. The Labute approximate surface area is 111 Å². The van der Waals surface area contributed by atoms with Gasteiger partial charge in [-0.3, -0.25) is 4.68 Å². The third-order valence-electron chi connectivity index (χ3n) is 4.38. The second-order valence-corrected chi connectivity index (χ2v) is 5.69. The Balaban J connectivity index is 2.09. The number of aryl methyl sites for hydroxylation is 2. The molecule has 102 valence electrons. The zero-order valence-electron chi connectivity index (χ0n) is 11.9. The van der Waals surface area contributed by atoms with E-state index in [1.807, 2.05) is 0 Å². The topological polar surface area (TPSA) is 43.8 Å². The number of hydrogen-bond donors (Lipinski definition) is 1. The molecule has 1 aromatic rings. The van der Waals surface area contributed by atoms with Gasteiger partial charge in [-0.15, -0.1) is 0 Å². The quantitative estimate of drug-likeness (QED) is 0.834. The zero-order valence-corrected chi connectivity index (χ0v) is 11.9. The number of rotatable bonds is 4. The van der Waals surface area contributed by atoms with Gasteiger partial charge in [-0.05, 0) is 57.6 Å². The normalized spacial score (nSPS) is 25.1. The van der Waals surface area contributed by atoms with E-state index in [0.29, 0.717) is 5.92 Å². The molecule has 1 aromatic heterocycles. The molecule has 0 aliphatic heterocycles. The minimum absolute atomic E-state index is 0.716. The van der Waals surface area contributed by atoms with E-state index >= 15 is 0 Å². The largest absolute Gasteiger partial charge is 0.330 e. The fourth-order valence-corrected chi connectivity index (χ4v) is 3.35. The smallest absolute Gasteiger partial charge is 0.0596 e. The third-order valence-corrected chi connectivity index (χ3v) is 4.38. The van der Waals surface area contributed by atoms with Crippen LogP contribution in [0.15, 0.2) is 6.07 Å². The molecule has 0 saturated heterocycles. The lowest BCUT2D eigenvalue weighted by molar-refractivity contribution is 0.311. The molecule has 2 atom stereocenters. The highest BCUT2D eigenvalue weighted by Gasteiger charge is 2.24. The fraction of sp³-hybridized carbons (Fsp3) is 0.800. The van der Waals surface area contributed by atoms with Crippen molar-refractivity contribution in [2.24, 2.45) is 17.6 Å². The minimum Gasteiger partial charge on any atom is -0.330 e. The van der Waals surface area contributed by atoms with E-state index in [1.165, 1.54) is 37.8 Å². The fourth-order valence-electron chi connectivity index (χ4n) is 3.35. The van der Waals surface area contributed by atoms with Gasteiger partial charge in [0.05, 0.1) is 5.69 Å². The van der Waals surface area contributed by atoms with Crippen LogP contribution in [0.5, 0.6) is 0 Å². The van der Waals surface area contributed by atoms with E-state index in [-0.39, 0.29) is 0 Å². The molecule has 2 unspecified atom stereocenters. The monoisotopic (exact) mass is 249 g/mol. The van der Waals surface area contributed by atoms with Crippen molar-refractivity contribution in [2.45, 2.75) is 58.9 Å². The Bertz CT molecular complexity index is 370. The molecule has 1 saturated carbocycles. The van der Waals surface area contributed by atoms with E-state index in [9.17, 15) is 0 Å². The van der Waals surface area contributed by atoms with Crippen LogP contribution in [0.4, 0.5) is 0 Å². The summed E-state index contributed by atoms with van der Waals surface area (Å²) in [6.45, 7) is 6.08. The molecule has 2 rings (SSSR count). The van der Waals surface area contributed by atoms with Gasteiger partial charge < -0.3 is 5.73 Å². The Morgan fingerprint density at radius 3 is 2.67 bits per heavy atom. The van der Waals surface area contributed by atoms with Crippen LogP contribution < -0.4 is 5.73 Å². The lowest BCUT2D eigenvalue weighted by atomic mass is 9.84. The van der Waals surface area contributed by atoms with Gasteiger partial charge in [0, 0.05) is 12.2 Å². The standard InChI is InChI=1S/C15H27N3/c1-3-18-15(9-12(2)17-18)10-13-7-5-4-6-8-14(13)11-16/h9,13-14H,3-8,10-11,16H2,1-2H3. The van der Waals surface area contributed by atoms with Crippen molar-refractivity contribution in [3.05, 3.63) is 17.5 Å². The summed E-state index contributed by atoms with van der Waals surface area (Å²) in [4.78, 5) is 0. The van der Waals surface area contributed by atoms with Crippen molar-refractivity contribution < 1.29 is 0 Å². The first-order chi connectivity index (χ1) is 8.74. The van der Waals surface area contributed by atoms with Gasteiger partial charge in [0.2, 0.25) is 0 Å². The average molecular weight is 249 g/mol.